The molecule has 0 saturated heterocycles. The van der Waals surface area contributed by atoms with Crippen LogP contribution in [-0.2, 0) is 10.0 Å². The maximum Gasteiger partial charge on any atom is 0.241 e. The average Bonchev–Trinajstić information content (AvgIpc) is 2.26. The summed E-state index contributed by atoms with van der Waals surface area (Å²) in [7, 11) is -3.50. The van der Waals surface area contributed by atoms with Gasteiger partial charge in [0, 0.05) is 16.4 Å². The highest BCUT2D eigenvalue weighted by atomic mass is 79.9. The largest absolute Gasteiger partial charge is 0.241 e. The molecule has 0 spiro atoms. The number of nitrogens with one attached hydrogen (secondary N) is 1. The van der Waals surface area contributed by atoms with E-state index in [-0.39, 0.29) is 22.7 Å². The zero-order valence-corrected chi connectivity index (χ0v) is 12.8. The molecule has 0 aliphatic rings. The first-order valence-electron chi connectivity index (χ1n) is 5.23. The Bertz CT molecular complexity index is 476. The van der Waals surface area contributed by atoms with E-state index in [1.807, 2.05) is 13.8 Å². The lowest BCUT2D eigenvalue weighted by Crippen LogP contribution is -2.32. The fourth-order valence-corrected chi connectivity index (χ4v) is 3.40. The molecule has 1 N–H and O–H groups in total. The van der Waals surface area contributed by atoms with Crippen molar-refractivity contribution in [2.45, 2.75) is 24.1 Å². The predicted molar refractivity (Wildman–Crippen MR) is 73.8 cm³/mol. The average molecular weight is 341 g/mol. The monoisotopic (exact) mass is 339 g/mol. The molecule has 0 aliphatic heterocycles. The van der Waals surface area contributed by atoms with Gasteiger partial charge in [-0.15, -0.1) is 11.6 Å². The van der Waals surface area contributed by atoms with Gasteiger partial charge in [-0.3, -0.25) is 0 Å². The zero-order chi connectivity index (χ0) is 13.1. The van der Waals surface area contributed by atoms with Gasteiger partial charge in [-0.25, -0.2) is 13.1 Å². The second-order valence-electron chi connectivity index (χ2n) is 4.04. The van der Waals surface area contributed by atoms with Crippen molar-refractivity contribution in [3.63, 3.8) is 0 Å². The number of benzene rings is 1. The third kappa shape index (κ3) is 4.25. The zero-order valence-electron chi connectivity index (χ0n) is 9.65. The van der Waals surface area contributed by atoms with Crippen molar-refractivity contribution in [3.8, 4) is 0 Å². The molecule has 0 aromatic heterocycles. The normalized spacial score (nSPS) is 13.9. The van der Waals surface area contributed by atoms with Gasteiger partial charge in [0.1, 0.15) is 0 Å². The molecule has 0 bridgehead atoms. The van der Waals surface area contributed by atoms with Gasteiger partial charge in [0.2, 0.25) is 10.0 Å². The van der Waals surface area contributed by atoms with Gasteiger partial charge >= 0.3 is 0 Å². The molecule has 1 aromatic carbocycles. The van der Waals surface area contributed by atoms with Gasteiger partial charge in [0.25, 0.3) is 0 Å². The van der Waals surface area contributed by atoms with Gasteiger partial charge in [0.15, 0.2) is 0 Å². The Hall–Kier alpha value is -0.100. The lowest BCUT2D eigenvalue weighted by atomic mass is 10.1. The number of hydrogen-bond donors (Lipinski definition) is 1. The number of rotatable bonds is 5. The van der Waals surface area contributed by atoms with Gasteiger partial charge in [-0.2, -0.15) is 0 Å². The molecule has 0 aliphatic carbocycles. The molecule has 1 rings (SSSR count). The minimum Gasteiger partial charge on any atom is -0.210 e. The van der Waals surface area contributed by atoms with Crippen LogP contribution < -0.4 is 4.72 Å². The summed E-state index contributed by atoms with van der Waals surface area (Å²) >= 11 is 9.23. The van der Waals surface area contributed by atoms with Crippen molar-refractivity contribution in [3.05, 3.63) is 28.7 Å². The summed E-state index contributed by atoms with van der Waals surface area (Å²) in [5, 5.41) is -0.215. The summed E-state index contributed by atoms with van der Waals surface area (Å²) in [6, 6.07) is 6.68. The van der Waals surface area contributed by atoms with Crippen molar-refractivity contribution in [2.75, 3.05) is 6.54 Å². The Labute approximate surface area is 116 Å². The Morgan fingerprint density at radius 1 is 1.35 bits per heavy atom. The van der Waals surface area contributed by atoms with Crippen molar-refractivity contribution >= 4 is 37.6 Å². The maximum absolute atomic E-state index is 12.0. The standard InChI is InChI=1S/C11H15BrClNO2S/c1-8(2)10(13)7-14-17(15,16)11-6-4-3-5-9(11)12/h3-6,8,10,14H,7H2,1-2H3. The summed E-state index contributed by atoms with van der Waals surface area (Å²) < 4.78 is 27.0. The first-order chi connectivity index (χ1) is 7.84. The lowest BCUT2D eigenvalue weighted by molar-refractivity contribution is 0.556. The fraction of sp³-hybridized carbons (Fsp3) is 0.455. The summed E-state index contributed by atoms with van der Waals surface area (Å²) in [6.45, 7) is 4.12. The Balaban J connectivity index is 2.80. The highest BCUT2D eigenvalue weighted by Crippen LogP contribution is 2.21. The number of hydrogen-bond acceptors (Lipinski definition) is 2. The van der Waals surface area contributed by atoms with Crippen molar-refractivity contribution < 1.29 is 8.42 Å². The van der Waals surface area contributed by atoms with E-state index in [1.54, 1.807) is 24.3 Å². The van der Waals surface area contributed by atoms with E-state index in [1.165, 1.54) is 0 Å². The summed E-state index contributed by atoms with van der Waals surface area (Å²) in [4.78, 5) is 0.229. The third-order valence-electron chi connectivity index (χ3n) is 2.32. The molecule has 0 amide bonds. The minimum atomic E-state index is -3.50. The first-order valence-corrected chi connectivity index (χ1v) is 7.94. The number of halogens is 2. The van der Waals surface area contributed by atoms with Crippen molar-refractivity contribution in [1.82, 2.24) is 4.72 Å². The smallest absolute Gasteiger partial charge is 0.210 e. The van der Waals surface area contributed by atoms with Gasteiger partial charge in [-0.1, -0.05) is 26.0 Å². The number of sulfonamides is 1. The highest BCUT2D eigenvalue weighted by Gasteiger charge is 2.19. The van der Waals surface area contributed by atoms with Crippen LogP contribution in [0.2, 0.25) is 0 Å². The predicted octanol–water partition coefficient (Wildman–Crippen LogP) is 2.99. The molecule has 1 unspecified atom stereocenters. The van der Waals surface area contributed by atoms with Crippen LogP contribution in [0.15, 0.2) is 33.6 Å². The van der Waals surface area contributed by atoms with E-state index < -0.39 is 10.0 Å². The third-order valence-corrected chi connectivity index (χ3v) is 5.41. The van der Waals surface area contributed by atoms with E-state index in [2.05, 4.69) is 20.7 Å². The van der Waals surface area contributed by atoms with Gasteiger partial charge in [-0.05, 0) is 34.0 Å². The van der Waals surface area contributed by atoms with E-state index in [0.29, 0.717) is 4.47 Å². The summed E-state index contributed by atoms with van der Waals surface area (Å²) in [5.41, 5.74) is 0. The van der Waals surface area contributed by atoms with Gasteiger partial charge < -0.3 is 0 Å². The lowest BCUT2D eigenvalue weighted by Gasteiger charge is -2.14. The molecular formula is C11H15BrClNO2S. The van der Waals surface area contributed by atoms with Crippen LogP contribution in [0, 0.1) is 5.92 Å². The second kappa shape index (κ2) is 6.18. The van der Waals surface area contributed by atoms with E-state index in [0.717, 1.165) is 0 Å². The Kier molecular flexibility index (Phi) is 5.44. The van der Waals surface area contributed by atoms with Crippen LogP contribution in [0.1, 0.15) is 13.8 Å². The summed E-state index contributed by atoms with van der Waals surface area (Å²) in [5.74, 6) is 0.221. The van der Waals surface area contributed by atoms with E-state index in [9.17, 15) is 8.42 Å². The molecular weight excluding hydrogens is 326 g/mol. The minimum absolute atomic E-state index is 0.215. The Morgan fingerprint density at radius 3 is 2.47 bits per heavy atom. The molecule has 1 aromatic rings. The van der Waals surface area contributed by atoms with Crippen LogP contribution in [0.5, 0.6) is 0 Å². The maximum atomic E-state index is 12.0. The highest BCUT2D eigenvalue weighted by molar-refractivity contribution is 9.10. The van der Waals surface area contributed by atoms with E-state index in [4.69, 9.17) is 11.6 Å². The molecule has 0 heterocycles. The SMILES string of the molecule is CC(C)C(Cl)CNS(=O)(=O)c1ccccc1Br. The summed E-state index contributed by atoms with van der Waals surface area (Å²) in [6.07, 6.45) is 0. The van der Waals surface area contributed by atoms with E-state index >= 15 is 0 Å². The number of alkyl halides is 1. The van der Waals surface area contributed by atoms with Crippen LogP contribution in [-0.4, -0.2) is 20.3 Å². The molecule has 0 radical (unpaired) electrons. The van der Waals surface area contributed by atoms with Crippen LogP contribution >= 0.6 is 27.5 Å². The van der Waals surface area contributed by atoms with Gasteiger partial charge in [0.05, 0.1) is 4.90 Å². The molecule has 0 saturated carbocycles. The van der Waals surface area contributed by atoms with Crippen molar-refractivity contribution in [1.29, 1.82) is 0 Å². The molecule has 1 atom stereocenters. The quantitative estimate of drug-likeness (QED) is 0.838. The molecule has 17 heavy (non-hydrogen) atoms. The molecule has 3 nitrogen and oxygen atoms in total. The fourth-order valence-electron chi connectivity index (χ4n) is 1.17. The second-order valence-corrected chi connectivity index (χ2v) is 7.19. The van der Waals surface area contributed by atoms with Crippen LogP contribution in [0.3, 0.4) is 0 Å². The first kappa shape index (κ1) is 15.0. The van der Waals surface area contributed by atoms with Crippen LogP contribution in [0.25, 0.3) is 0 Å². The topological polar surface area (TPSA) is 46.2 Å². The molecule has 0 fully saturated rings. The van der Waals surface area contributed by atoms with Crippen molar-refractivity contribution in [2.24, 2.45) is 5.92 Å². The Morgan fingerprint density at radius 2 is 1.94 bits per heavy atom. The molecule has 6 heteroatoms. The van der Waals surface area contributed by atoms with Crippen LogP contribution in [0.4, 0.5) is 0 Å². The molecule has 96 valence electrons.